The topological polar surface area (TPSA) is 34.5 Å². The Balaban J connectivity index is 0.885. The zero-order valence-electron chi connectivity index (χ0n) is 35.6. The van der Waals surface area contributed by atoms with Gasteiger partial charge in [0.2, 0.25) is 0 Å². The lowest BCUT2D eigenvalue weighted by molar-refractivity contribution is 0.668. The first-order chi connectivity index (χ1) is 32.1. The maximum absolute atomic E-state index is 6.14. The second kappa shape index (κ2) is 14.8. The minimum Gasteiger partial charge on any atom is -0.456 e. The number of para-hydroxylation sites is 3. The van der Waals surface area contributed by atoms with Crippen molar-refractivity contribution >= 4 is 82.7 Å². The van der Waals surface area contributed by atoms with Gasteiger partial charge in [-0.2, -0.15) is 0 Å². The van der Waals surface area contributed by atoms with Gasteiger partial charge in [0, 0.05) is 55.1 Å². The summed E-state index contributed by atoms with van der Waals surface area (Å²) in [6.45, 7) is 2.17. The third kappa shape index (κ3) is 6.22. The smallest absolute Gasteiger partial charge is 0.135 e. The SMILES string of the molecule is Cc1ccc2c(c1)c1cc(-c3ccc(N(c4ccc(-c5ccc6oc7ccccc7c6c5)cc4)c4ccc(-c5ccc6oc7ccccc7c6c5)cc4)cc3)ccc1n2-c1ccccc1. The van der Waals surface area contributed by atoms with Gasteiger partial charge in [-0.3, -0.25) is 0 Å². The van der Waals surface area contributed by atoms with Crippen LogP contribution in [0.1, 0.15) is 5.56 Å². The van der Waals surface area contributed by atoms with Gasteiger partial charge in [0.1, 0.15) is 22.3 Å². The maximum Gasteiger partial charge on any atom is 0.135 e. The molecule has 0 saturated carbocycles. The molecule has 4 nitrogen and oxygen atoms in total. The summed E-state index contributed by atoms with van der Waals surface area (Å²) < 4.78 is 14.7. The van der Waals surface area contributed by atoms with Gasteiger partial charge in [-0.25, -0.2) is 0 Å². The third-order valence-corrected chi connectivity index (χ3v) is 13.1. The van der Waals surface area contributed by atoms with E-state index in [2.05, 4.69) is 217 Å². The van der Waals surface area contributed by atoms with E-state index in [1.54, 1.807) is 0 Å². The van der Waals surface area contributed by atoms with Gasteiger partial charge in [0.15, 0.2) is 0 Å². The maximum atomic E-state index is 6.14. The average Bonchev–Trinajstić information content (AvgIpc) is 4.03. The van der Waals surface area contributed by atoms with E-state index in [0.717, 1.165) is 88.9 Å². The van der Waals surface area contributed by atoms with Crippen molar-refractivity contribution in [3.05, 3.63) is 230 Å². The normalized spacial score (nSPS) is 11.8. The molecule has 13 aromatic rings. The number of hydrogen-bond acceptors (Lipinski definition) is 3. The Hall–Kier alpha value is -8.60. The molecule has 0 radical (unpaired) electrons. The lowest BCUT2D eigenvalue weighted by Crippen LogP contribution is -2.09. The highest BCUT2D eigenvalue weighted by Gasteiger charge is 2.17. The number of aromatic nitrogens is 1. The summed E-state index contributed by atoms with van der Waals surface area (Å²) in [5.41, 5.74) is 18.6. The Labute approximate surface area is 375 Å². The summed E-state index contributed by atoms with van der Waals surface area (Å²) in [6.07, 6.45) is 0. The molecule has 0 bridgehead atoms. The Kier molecular flexibility index (Phi) is 8.40. The molecule has 3 heterocycles. The fourth-order valence-corrected chi connectivity index (χ4v) is 9.84. The molecule has 0 fully saturated rings. The molecular weight excluding hydrogens is 793 g/mol. The second-order valence-electron chi connectivity index (χ2n) is 17.0. The Morgan fingerprint density at radius 1 is 0.308 bits per heavy atom. The summed E-state index contributed by atoms with van der Waals surface area (Å²) in [4.78, 5) is 2.34. The molecule has 0 aliphatic rings. The zero-order chi connectivity index (χ0) is 43.0. The zero-order valence-corrected chi connectivity index (χ0v) is 35.6. The van der Waals surface area contributed by atoms with E-state index in [1.165, 1.54) is 38.5 Å². The number of fused-ring (bicyclic) bond motifs is 9. The molecule has 0 N–H and O–H groups in total. The third-order valence-electron chi connectivity index (χ3n) is 13.1. The molecule has 0 saturated heterocycles. The van der Waals surface area contributed by atoms with Crippen molar-refractivity contribution in [2.75, 3.05) is 4.90 Å². The van der Waals surface area contributed by atoms with Crippen molar-refractivity contribution < 1.29 is 8.83 Å². The van der Waals surface area contributed by atoms with E-state index in [4.69, 9.17) is 8.83 Å². The van der Waals surface area contributed by atoms with Crippen molar-refractivity contribution in [2.24, 2.45) is 0 Å². The number of anilines is 3. The fraction of sp³-hybridized carbons (Fsp3) is 0.0164. The highest BCUT2D eigenvalue weighted by Crippen LogP contribution is 2.41. The van der Waals surface area contributed by atoms with Crippen LogP contribution in [0.4, 0.5) is 17.1 Å². The van der Waals surface area contributed by atoms with E-state index in [1.807, 2.05) is 24.3 Å². The summed E-state index contributed by atoms with van der Waals surface area (Å²) >= 11 is 0. The molecule has 0 aliphatic heterocycles. The minimum absolute atomic E-state index is 0.900. The molecule has 0 spiro atoms. The summed E-state index contributed by atoms with van der Waals surface area (Å²) in [5.74, 6) is 0. The quantitative estimate of drug-likeness (QED) is 0.160. The Bertz CT molecular complexity index is 3770. The van der Waals surface area contributed by atoms with Crippen LogP contribution in [0.3, 0.4) is 0 Å². The van der Waals surface area contributed by atoms with E-state index >= 15 is 0 Å². The van der Waals surface area contributed by atoms with Gasteiger partial charge in [-0.15, -0.1) is 0 Å². The van der Waals surface area contributed by atoms with Gasteiger partial charge < -0.3 is 18.3 Å². The van der Waals surface area contributed by atoms with Gasteiger partial charge in [0.05, 0.1) is 11.0 Å². The van der Waals surface area contributed by atoms with Crippen LogP contribution in [0, 0.1) is 6.92 Å². The van der Waals surface area contributed by atoms with E-state index in [0.29, 0.717) is 0 Å². The number of rotatable bonds is 7. The number of benzene rings is 10. The minimum atomic E-state index is 0.900. The Morgan fingerprint density at radius 3 is 1.20 bits per heavy atom. The standard InChI is InChI=1S/C61H40N2O2/c1-39-15-31-56-52(35-39)53-36-43(22-32-57(53)63(56)46-9-3-2-4-10-46)40-16-25-47(26-17-40)62(48-27-18-41(19-28-48)44-23-33-60-54(37-44)50-11-5-7-13-58(50)64-60)49-29-20-42(21-30-49)45-24-34-61-55(38-45)51-12-6-8-14-59(51)65-61/h2-38H,1H3. The molecule has 0 aliphatic carbocycles. The van der Waals surface area contributed by atoms with Gasteiger partial charge in [-0.1, -0.05) is 121 Å². The molecule has 4 heteroatoms. The second-order valence-corrected chi connectivity index (χ2v) is 17.0. The van der Waals surface area contributed by atoms with Crippen LogP contribution >= 0.6 is 0 Å². The van der Waals surface area contributed by atoms with Crippen LogP contribution < -0.4 is 4.90 Å². The first-order valence-corrected chi connectivity index (χ1v) is 22.1. The molecule has 65 heavy (non-hydrogen) atoms. The van der Waals surface area contributed by atoms with Crippen LogP contribution in [0.5, 0.6) is 0 Å². The van der Waals surface area contributed by atoms with Crippen molar-refractivity contribution in [2.45, 2.75) is 6.92 Å². The Morgan fingerprint density at radius 2 is 0.692 bits per heavy atom. The largest absolute Gasteiger partial charge is 0.456 e. The molecular formula is C61H40N2O2. The van der Waals surface area contributed by atoms with Crippen molar-refractivity contribution in [3.8, 4) is 39.1 Å². The predicted molar refractivity (Wildman–Crippen MR) is 271 cm³/mol. The van der Waals surface area contributed by atoms with Crippen LogP contribution in [0.25, 0.3) is 105 Å². The summed E-state index contributed by atoms with van der Waals surface area (Å²) in [6, 6.07) is 80.5. The van der Waals surface area contributed by atoms with E-state index in [9.17, 15) is 0 Å². The highest BCUT2D eigenvalue weighted by molar-refractivity contribution is 6.11. The van der Waals surface area contributed by atoms with E-state index < -0.39 is 0 Å². The first-order valence-electron chi connectivity index (χ1n) is 22.1. The monoisotopic (exact) mass is 832 g/mol. The number of hydrogen-bond donors (Lipinski definition) is 0. The van der Waals surface area contributed by atoms with Gasteiger partial charge in [0.25, 0.3) is 0 Å². The fourth-order valence-electron chi connectivity index (χ4n) is 9.84. The molecule has 13 rings (SSSR count). The van der Waals surface area contributed by atoms with E-state index in [-0.39, 0.29) is 0 Å². The van der Waals surface area contributed by atoms with Crippen molar-refractivity contribution in [1.82, 2.24) is 4.57 Å². The summed E-state index contributed by atoms with van der Waals surface area (Å²) in [5, 5.41) is 7.02. The number of nitrogens with zero attached hydrogens (tertiary/aromatic N) is 2. The van der Waals surface area contributed by atoms with Crippen LogP contribution in [0.15, 0.2) is 233 Å². The van der Waals surface area contributed by atoms with Crippen LogP contribution in [0.2, 0.25) is 0 Å². The lowest BCUT2D eigenvalue weighted by atomic mass is 10.0. The molecule has 3 aromatic heterocycles. The highest BCUT2D eigenvalue weighted by atomic mass is 16.3. The molecule has 10 aromatic carbocycles. The molecule has 0 amide bonds. The van der Waals surface area contributed by atoms with Gasteiger partial charge >= 0.3 is 0 Å². The average molecular weight is 833 g/mol. The van der Waals surface area contributed by atoms with Crippen LogP contribution in [-0.4, -0.2) is 4.57 Å². The molecule has 0 atom stereocenters. The van der Waals surface area contributed by atoms with Gasteiger partial charge in [-0.05, 0) is 149 Å². The number of furan rings is 2. The number of aryl methyl sites for hydroxylation is 1. The predicted octanol–water partition coefficient (Wildman–Crippen LogP) is 17.4. The molecule has 306 valence electrons. The van der Waals surface area contributed by atoms with Crippen molar-refractivity contribution in [3.63, 3.8) is 0 Å². The summed E-state index contributed by atoms with van der Waals surface area (Å²) in [7, 11) is 0. The van der Waals surface area contributed by atoms with Crippen LogP contribution in [-0.2, 0) is 0 Å². The lowest BCUT2D eigenvalue weighted by Gasteiger charge is -2.26. The van der Waals surface area contributed by atoms with Crippen molar-refractivity contribution in [1.29, 1.82) is 0 Å². The first kappa shape index (κ1) is 37.0. The molecule has 0 unspecified atom stereocenters.